The first-order valence-electron chi connectivity index (χ1n) is 6.36. The number of fused-ring (bicyclic) bond motifs is 1. The van der Waals surface area contributed by atoms with Crippen LogP contribution in [-0.4, -0.2) is 32.9 Å². The van der Waals surface area contributed by atoms with Gasteiger partial charge in [0.2, 0.25) is 10.0 Å². The molecule has 0 aliphatic carbocycles. The van der Waals surface area contributed by atoms with Crippen molar-refractivity contribution in [3.05, 3.63) is 35.9 Å². The van der Waals surface area contributed by atoms with Crippen molar-refractivity contribution in [3.63, 3.8) is 0 Å². The second-order valence-corrected chi connectivity index (χ2v) is 6.71. The van der Waals surface area contributed by atoms with Gasteiger partial charge in [0.25, 0.3) is 0 Å². The third kappa shape index (κ3) is 3.16. The van der Waals surface area contributed by atoms with Crippen molar-refractivity contribution in [1.29, 1.82) is 0 Å². The van der Waals surface area contributed by atoms with Gasteiger partial charge in [0.1, 0.15) is 10.6 Å². The molecule has 0 N–H and O–H groups in total. The van der Waals surface area contributed by atoms with Crippen LogP contribution in [-0.2, 0) is 10.0 Å². The number of hydrogen-bond acceptors (Lipinski definition) is 3. The zero-order valence-corrected chi connectivity index (χ0v) is 12.1. The zero-order valence-electron chi connectivity index (χ0n) is 11.3. The highest BCUT2D eigenvalue weighted by molar-refractivity contribution is 7.89. The molecule has 1 aliphatic heterocycles. The smallest absolute Gasteiger partial charge is 0.246 e. The van der Waals surface area contributed by atoms with Crippen molar-refractivity contribution in [2.75, 3.05) is 20.2 Å². The van der Waals surface area contributed by atoms with Gasteiger partial charge in [0, 0.05) is 13.6 Å². The van der Waals surface area contributed by atoms with Crippen molar-refractivity contribution in [2.45, 2.75) is 24.7 Å². The van der Waals surface area contributed by atoms with E-state index < -0.39 is 10.0 Å². The quantitative estimate of drug-likeness (QED) is 0.686. The number of aryl methyl sites for hydroxylation is 1. The highest BCUT2D eigenvalue weighted by Gasteiger charge is 2.24. The van der Waals surface area contributed by atoms with Gasteiger partial charge in [-0.3, -0.25) is 0 Å². The van der Waals surface area contributed by atoms with Crippen LogP contribution in [0.2, 0.25) is 0 Å². The van der Waals surface area contributed by atoms with E-state index in [0.29, 0.717) is 18.9 Å². The predicted octanol–water partition coefficient (Wildman–Crippen LogP) is 2.34. The number of benzene rings is 1. The summed E-state index contributed by atoms with van der Waals surface area (Å²) >= 11 is 0. The minimum atomic E-state index is -3.50. The summed E-state index contributed by atoms with van der Waals surface area (Å²) in [6.07, 6.45) is 5.66. The van der Waals surface area contributed by atoms with E-state index in [0.717, 1.165) is 18.4 Å². The van der Waals surface area contributed by atoms with Gasteiger partial charge < -0.3 is 4.74 Å². The maximum absolute atomic E-state index is 12.5. The molecule has 0 saturated heterocycles. The molecule has 0 bridgehead atoms. The molecule has 19 heavy (non-hydrogen) atoms. The molecule has 1 aromatic rings. The van der Waals surface area contributed by atoms with Crippen LogP contribution in [0, 0.1) is 6.92 Å². The molecule has 0 fully saturated rings. The summed E-state index contributed by atoms with van der Waals surface area (Å²) in [4.78, 5) is 0.246. The van der Waals surface area contributed by atoms with E-state index in [2.05, 4.69) is 0 Å². The maximum atomic E-state index is 12.5. The van der Waals surface area contributed by atoms with E-state index in [1.165, 1.54) is 4.31 Å². The Kier molecular flexibility index (Phi) is 4.27. The van der Waals surface area contributed by atoms with Crippen molar-refractivity contribution in [1.82, 2.24) is 4.31 Å². The SMILES string of the molecule is Cc1ccc2c(c1)OCCC/C=C/CN(C)S2(=O)=O. The first kappa shape index (κ1) is 14.1. The topological polar surface area (TPSA) is 46.6 Å². The molecule has 104 valence electrons. The minimum Gasteiger partial charge on any atom is -0.492 e. The second-order valence-electron chi connectivity index (χ2n) is 4.70. The van der Waals surface area contributed by atoms with Crippen LogP contribution in [0.5, 0.6) is 5.75 Å². The molecule has 0 amide bonds. The monoisotopic (exact) mass is 281 g/mol. The van der Waals surface area contributed by atoms with E-state index in [4.69, 9.17) is 4.74 Å². The van der Waals surface area contributed by atoms with Gasteiger partial charge in [-0.1, -0.05) is 18.2 Å². The van der Waals surface area contributed by atoms with Crippen LogP contribution in [0.4, 0.5) is 0 Å². The summed E-state index contributed by atoms with van der Waals surface area (Å²) in [5.74, 6) is 0.453. The summed E-state index contributed by atoms with van der Waals surface area (Å²) in [5, 5.41) is 0. The lowest BCUT2D eigenvalue weighted by Gasteiger charge is -2.18. The highest BCUT2D eigenvalue weighted by atomic mass is 32.2. The summed E-state index contributed by atoms with van der Waals surface area (Å²) in [7, 11) is -1.91. The van der Waals surface area contributed by atoms with Crippen LogP contribution in [0.1, 0.15) is 18.4 Å². The molecule has 0 unspecified atom stereocenters. The van der Waals surface area contributed by atoms with E-state index in [-0.39, 0.29) is 4.90 Å². The standard InChI is InChI=1S/C14H19NO3S/c1-12-7-8-14-13(11-12)18-10-6-4-3-5-9-15(2)19(14,16)17/h3,5,7-8,11H,4,6,9-10H2,1-2H3/b5-3+. The summed E-state index contributed by atoms with van der Waals surface area (Å²) in [6.45, 7) is 2.84. The second kappa shape index (κ2) is 5.75. The lowest BCUT2D eigenvalue weighted by molar-refractivity contribution is 0.303. The minimum absolute atomic E-state index is 0.246. The van der Waals surface area contributed by atoms with Crippen molar-refractivity contribution in [3.8, 4) is 5.75 Å². The van der Waals surface area contributed by atoms with Gasteiger partial charge in [-0.2, -0.15) is 4.31 Å². The Balaban J connectivity index is 2.48. The van der Waals surface area contributed by atoms with Crippen molar-refractivity contribution in [2.24, 2.45) is 0 Å². The molecule has 1 aliphatic rings. The lowest BCUT2D eigenvalue weighted by atomic mass is 10.2. The van der Waals surface area contributed by atoms with Crippen molar-refractivity contribution >= 4 is 10.0 Å². The molecule has 0 spiro atoms. The Morgan fingerprint density at radius 1 is 1.26 bits per heavy atom. The molecular weight excluding hydrogens is 262 g/mol. The van der Waals surface area contributed by atoms with E-state index >= 15 is 0 Å². The molecule has 5 heteroatoms. The van der Waals surface area contributed by atoms with E-state index in [1.54, 1.807) is 25.2 Å². The van der Waals surface area contributed by atoms with Crippen LogP contribution < -0.4 is 4.74 Å². The third-order valence-electron chi connectivity index (χ3n) is 3.09. The van der Waals surface area contributed by atoms with Gasteiger partial charge >= 0.3 is 0 Å². The average molecular weight is 281 g/mol. The fourth-order valence-corrected chi connectivity index (χ4v) is 3.16. The first-order chi connectivity index (χ1) is 9.01. The Labute approximate surface area is 114 Å². The van der Waals surface area contributed by atoms with E-state index in [9.17, 15) is 8.42 Å². The Morgan fingerprint density at radius 3 is 2.84 bits per heavy atom. The predicted molar refractivity (Wildman–Crippen MR) is 74.9 cm³/mol. The molecule has 1 aromatic carbocycles. The average Bonchev–Trinajstić information content (AvgIpc) is 2.38. The normalized spacial score (nSPS) is 21.8. The molecule has 0 radical (unpaired) electrons. The van der Waals surface area contributed by atoms with Crippen LogP contribution in [0.25, 0.3) is 0 Å². The summed E-state index contributed by atoms with van der Waals surface area (Å²) in [5.41, 5.74) is 0.990. The zero-order chi connectivity index (χ0) is 13.9. The van der Waals surface area contributed by atoms with Crippen LogP contribution in [0.15, 0.2) is 35.2 Å². The molecule has 0 aromatic heterocycles. The van der Waals surface area contributed by atoms with Gasteiger partial charge in [-0.05, 0) is 37.5 Å². The third-order valence-corrected chi connectivity index (χ3v) is 4.95. The van der Waals surface area contributed by atoms with Crippen LogP contribution in [0.3, 0.4) is 0 Å². The number of allylic oxidation sites excluding steroid dienone is 1. The molecular formula is C14H19NO3S. The van der Waals surface area contributed by atoms with Gasteiger partial charge in [-0.15, -0.1) is 0 Å². The lowest BCUT2D eigenvalue weighted by Crippen LogP contribution is -2.27. The number of rotatable bonds is 0. The summed E-state index contributed by atoms with van der Waals surface area (Å²) < 4.78 is 31.9. The molecule has 0 saturated carbocycles. The number of nitrogens with zero attached hydrogens (tertiary/aromatic N) is 1. The Morgan fingerprint density at radius 2 is 2.05 bits per heavy atom. The van der Waals surface area contributed by atoms with Crippen molar-refractivity contribution < 1.29 is 13.2 Å². The maximum Gasteiger partial charge on any atom is 0.246 e. The number of ether oxygens (including phenoxy) is 1. The number of likely N-dealkylation sites (N-methyl/N-ethyl adjacent to an activating group) is 1. The molecule has 4 nitrogen and oxygen atoms in total. The van der Waals surface area contributed by atoms with Gasteiger partial charge in [-0.25, -0.2) is 8.42 Å². The number of hydrogen-bond donors (Lipinski definition) is 0. The fourth-order valence-electron chi connectivity index (χ4n) is 1.93. The number of sulfonamides is 1. The largest absolute Gasteiger partial charge is 0.492 e. The Hall–Kier alpha value is -1.33. The summed E-state index contributed by atoms with van der Waals surface area (Å²) in [6, 6.07) is 5.20. The highest BCUT2D eigenvalue weighted by Crippen LogP contribution is 2.28. The van der Waals surface area contributed by atoms with Crippen LogP contribution >= 0.6 is 0 Å². The molecule has 2 rings (SSSR count). The Bertz CT molecular complexity index is 578. The van der Waals surface area contributed by atoms with Gasteiger partial charge in [0.15, 0.2) is 0 Å². The molecule has 0 atom stereocenters. The van der Waals surface area contributed by atoms with Gasteiger partial charge in [0.05, 0.1) is 6.61 Å². The first-order valence-corrected chi connectivity index (χ1v) is 7.80. The molecule has 1 heterocycles. The fraction of sp³-hybridized carbons (Fsp3) is 0.429. The van der Waals surface area contributed by atoms with E-state index in [1.807, 2.05) is 19.1 Å².